The van der Waals surface area contributed by atoms with Gasteiger partial charge >= 0.3 is 5.97 Å². The average molecular weight is 269 g/mol. The lowest BCUT2D eigenvalue weighted by Gasteiger charge is -2.27. The maximum absolute atomic E-state index is 11.0. The minimum Gasteiger partial charge on any atom is -0.478 e. The topological polar surface area (TPSA) is 58.6 Å². The van der Waals surface area contributed by atoms with Crippen LogP contribution in [0.3, 0.4) is 0 Å². The third kappa shape index (κ3) is 2.51. The number of hydrogen-bond donors (Lipinski definition) is 2. The SMILES string of the molecule is O=C(O)c1cccc(NC2COCc3ccccc32)c1. The maximum Gasteiger partial charge on any atom is 0.335 e. The molecule has 0 aromatic heterocycles. The molecule has 20 heavy (non-hydrogen) atoms. The zero-order chi connectivity index (χ0) is 13.9. The Bertz CT molecular complexity index is 639. The van der Waals surface area contributed by atoms with Gasteiger partial charge < -0.3 is 15.2 Å². The maximum atomic E-state index is 11.0. The van der Waals surface area contributed by atoms with Gasteiger partial charge in [0.25, 0.3) is 0 Å². The number of fused-ring (bicyclic) bond motifs is 1. The Morgan fingerprint density at radius 1 is 1.20 bits per heavy atom. The minimum atomic E-state index is -0.922. The third-order valence-electron chi connectivity index (χ3n) is 3.42. The van der Waals surface area contributed by atoms with E-state index in [-0.39, 0.29) is 11.6 Å². The monoisotopic (exact) mass is 269 g/mol. The van der Waals surface area contributed by atoms with Crippen molar-refractivity contribution in [1.29, 1.82) is 0 Å². The molecule has 0 amide bonds. The Morgan fingerprint density at radius 3 is 2.90 bits per heavy atom. The van der Waals surface area contributed by atoms with E-state index in [9.17, 15) is 4.79 Å². The highest BCUT2D eigenvalue weighted by Crippen LogP contribution is 2.28. The molecule has 0 saturated carbocycles. The van der Waals surface area contributed by atoms with Crippen LogP contribution in [0.1, 0.15) is 27.5 Å². The van der Waals surface area contributed by atoms with Gasteiger partial charge in [-0.3, -0.25) is 0 Å². The van der Waals surface area contributed by atoms with Gasteiger partial charge in [0.05, 0.1) is 24.8 Å². The summed E-state index contributed by atoms with van der Waals surface area (Å²) >= 11 is 0. The first-order valence-corrected chi connectivity index (χ1v) is 6.49. The minimum absolute atomic E-state index is 0.0454. The van der Waals surface area contributed by atoms with Crippen molar-refractivity contribution in [2.75, 3.05) is 11.9 Å². The Hall–Kier alpha value is -2.33. The Kier molecular flexibility index (Phi) is 3.39. The van der Waals surface area contributed by atoms with E-state index < -0.39 is 5.97 Å². The van der Waals surface area contributed by atoms with Crippen molar-refractivity contribution in [3.8, 4) is 0 Å². The molecule has 1 aliphatic rings. The molecule has 2 aromatic carbocycles. The molecule has 0 spiro atoms. The summed E-state index contributed by atoms with van der Waals surface area (Å²) in [5, 5.41) is 12.4. The van der Waals surface area contributed by atoms with E-state index in [4.69, 9.17) is 9.84 Å². The molecule has 0 bridgehead atoms. The van der Waals surface area contributed by atoms with Crippen LogP contribution in [0.5, 0.6) is 0 Å². The summed E-state index contributed by atoms with van der Waals surface area (Å²) in [6.07, 6.45) is 0. The summed E-state index contributed by atoms with van der Waals surface area (Å²) < 4.78 is 5.58. The second-order valence-corrected chi connectivity index (χ2v) is 4.80. The zero-order valence-electron chi connectivity index (χ0n) is 10.9. The summed E-state index contributed by atoms with van der Waals surface area (Å²) in [7, 11) is 0. The molecule has 1 unspecified atom stereocenters. The largest absolute Gasteiger partial charge is 0.478 e. The van der Waals surface area contributed by atoms with Crippen molar-refractivity contribution in [3.63, 3.8) is 0 Å². The number of carboxylic acid groups (broad SMARTS) is 1. The van der Waals surface area contributed by atoms with Crippen LogP contribution >= 0.6 is 0 Å². The highest BCUT2D eigenvalue weighted by molar-refractivity contribution is 5.88. The predicted molar refractivity (Wildman–Crippen MR) is 75.9 cm³/mol. The van der Waals surface area contributed by atoms with Crippen LogP contribution in [-0.4, -0.2) is 17.7 Å². The molecule has 2 aromatic rings. The number of aromatic carboxylic acids is 1. The molecule has 1 aliphatic heterocycles. The molecule has 102 valence electrons. The lowest BCUT2D eigenvalue weighted by atomic mass is 9.99. The number of ether oxygens (including phenoxy) is 1. The number of carbonyl (C=O) groups is 1. The number of hydrogen-bond acceptors (Lipinski definition) is 3. The zero-order valence-corrected chi connectivity index (χ0v) is 10.9. The van der Waals surface area contributed by atoms with Crippen LogP contribution in [0.15, 0.2) is 48.5 Å². The predicted octanol–water partition coefficient (Wildman–Crippen LogP) is 3.07. The van der Waals surface area contributed by atoms with Crippen LogP contribution in [-0.2, 0) is 11.3 Å². The summed E-state index contributed by atoms with van der Waals surface area (Å²) in [4.78, 5) is 11.0. The lowest BCUT2D eigenvalue weighted by Crippen LogP contribution is -2.23. The van der Waals surface area contributed by atoms with Gasteiger partial charge in [0, 0.05) is 5.69 Å². The van der Waals surface area contributed by atoms with Crippen molar-refractivity contribution >= 4 is 11.7 Å². The van der Waals surface area contributed by atoms with Crippen LogP contribution in [0.2, 0.25) is 0 Å². The fourth-order valence-electron chi connectivity index (χ4n) is 2.44. The third-order valence-corrected chi connectivity index (χ3v) is 3.42. The summed E-state index contributed by atoms with van der Waals surface area (Å²) in [5.41, 5.74) is 3.44. The molecule has 3 rings (SSSR count). The quantitative estimate of drug-likeness (QED) is 0.899. The van der Waals surface area contributed by atoms with Crippen molar-refractivity contribution < 1.29 is 14.6 Å². The number of nitrogens with one attached hydrogen (secondary N) is 1. The molecule has 0 fully saturated rings. The van der Waals surface area contributed by atoms with E-state index >= 15 is 0 Å². The van der Waals surface area contributed by atoms with Crippen LogP contribution < -0.4 is 5.32 Å². The standard InChI is InChI=1S/C16H15NO3/c18-16(19)11-5-3-6-13(8-11)17-15-10-20-9-12-4-1-2-7-14(12)15/h1-8,15,17H,9-10H2,(H,18,19). The molecular weight excluding hydrogens is 254 g/mol. The number of carboxylic acids is 1. The van der Waals surface area contributed by atoms with Crippen LogP contribution in [0, 0.1) is 0 Å². The lowest BCUT2D eigenvalue weighted by molar-refractivity contribution is 0.0697. The van der Waals surface area contributed by atoms with Gasteiger partial charge in [0.15, 0.2) is 0 Å². The second-order valence-electron chi connectivity index (χ2n) is 4.80. The van der Waals surface area contributed by atoms with E-state index in [0.29, 0.717) is 13.2 Å². The molecule has 0 aliphatic carbocycles. The van der Waals surface area contributed by atoms with Gasteiger partial charge in [0.1, 0.15) is 0 Å². The Labute approximate surface area is 117 Å². The van der Waals surface area contributed by atoms with E-state index in [0.717, 1.165) is 5.69 Å². The normalized spacial score (nSPS) is 17.3. The molecule has 0 radical (unpaired) electrons. The molecule has 0 saturated heterocycles. The summed E-state index contributed by atoms with van der Waals surface area (Å²) in [6.45, 7) is 1.21. The van der Waals surface area contributed by atoms with E-state index in [2.05, 4.69) is 17.4 Å². The van der Waals surface area contributed by atoms with Crippen LogP contribution in [0.4, 0.5) is 5.69 Å². The van der Waals surface area contributed by atoms with Gasteiger partial charge in [-0.15, -0.1) is 0 Å². The molecule has 4 heteroatoms. The van der Waals surface area contributed by atoms with Crippen molar-refractivity contribution in [2.45, 2.75) is 12.6 Å². The fourth-order valence-corrected chi connectivity index (χ4v) is 2.44. The summed E-state index contributed by atoms with van der Waals surface area (Å²) in [6, 6.07) is 15.0. The van der Waals surface area contributed by atoms with Crippen molar-refractivity contribution in [2.24, 2.45) is 0 Å². The van der Waals surface area contributed by atoms with Gasteiger partial charge in [-0.1, -0.05) is 30.3 Å². The first kappa shape index (κ1) is 12.7. The number of rotatable bonds is 3. The fraction of sp³-hybridized carbons (Fsp3) is 0.188. The van der Waals surface area contributed by atoms with Crippen LogP contribution in [0.25, 0.3) is 0 Å². The highest BCUT2D eigenvalue weighted by Gasteiger charge is 2.20. The first-order chi connectivity index (χ1) is 9.74. The number of benzene rings is 2. The second kappa shape index (κ2) is 5.35. The van der Waals surface area contributed by atoms with Gasteiger partial charge in [0.2, 0.25) is 0 Å². The van der Waals surface area contributed by atoms with E-state index in [1.54, 1.807) is 18.2 Å². The van der Waals surface area contributed by atoms with Crippen molar-refractivity contribution in [3.05, 3.63) is 65.2 Å². The molecule has 1 heterocycles. The van der Waals surface area contributed by atoms with Crippen molar-refractivity contribution in [1.82, 2.24) is 0 Å². The molecule has 1 atom stereocenters. The van der Waals surface area contributed by atoms with Gasteiger partial charge in [-0.25, -0.2) is 4.79 Å². The van der Waals surface area contributed by atoms with E-state index in [1.807, 2.05) is 18.2 Å². The van der Waals surface area contributed by atoms with E-state index in [1.165, 1.54) is 11.1 Å². The molecule has 4 nitrogen and oxygen atoms in total. The highest BCUT2D eigenvalue weighted by atomic mass is 16.5. The van der Waals surface area contributed by atoms with Gasteiger partial charge in [-0.05, 0) is 29.3 Å². The summed E-state index contributed by atoms with van der Waals surface area (Å²) in [5.74, 6) is -0.922. The van der Waals surface area contributed by atoms with Gasteiger partial charge in [-0.2, -0.15) is 0 Å². The number of anilines is 1. The first-order valence-electron chi connectivity index (χ1n) is 6.49. The molecule has 2 N–H and O–H groups in total. The molecular formula is C16H15NO3. The average Bonchev–Trinajstić information content (AvgIpc) is 2.48. The Balaban J connectivity index is 1.85. The Morgan fingerprint density at radius 2 is 2.05 bits per heavy atom. The smallest absolute Gasteiger partial charge is 0.335 e.